The summed E-state index contributed by atoms with van der Waals surface area (Å²) in [5.74, 6) is 0.138. The number of carbonyl (C=O) groups excluding carboxylic acids is 1. The molecule has 1 heterocycles. The first-order valence-corrected chi connectivity index (χ1v) is 7.88. The van der Waals surface area contributed by atoms with E-state index < -0.39 is 0 Å². The molecule has 1 aliphatic heterocycles. The van der Waals surface area contributed by atoms with Crippen LogP contribution < -0.4 is 5.32 Å². The first-order chi connectivity index (χ1) is 10.3. The molecule has 1 N–H and O–H groups in total. The summed E-state index contributed by atoms with van der Waals surface area (Å²) in [4.78, 5) is 12.1. The van der Waals surface area contributed by atoms with Crippen LogP contribution in [0.25, 0.3) is 0 Å². The Morgan fingerprint density at radius 1 is 1.10 bits per heavy atom. The highest BCUT2D eigenvalue weighted by Gasteiger charge is 2.34. The van der Waals surface area contributed by atoms with Crippen LogP contribution in [0.15, 0.2) is 30.3 Å². The molecule has 0 bridgehead atoms. The number of carbonyl (C=O) groups is 1. The molecular weight excluding hydrogens is 266 g/mol. The molecule has 3 rings (SSSR count). The normalized spacial score (nSPS) is 28.7. The van der Waals surface area contributed by atoms with Crippen molar-refractivity contribution in [2.24, 2.45) is 0 Å². The van der Waals surface area contributed by atoms with Crippen LogP contribution in [-0.2, 0) is 20.7 Å². The van der Waals surface area contributed by atoms with Gasteiger partial charge in [0, 0.05) is 12.5 Å². The molecule has 1 amide bonds. The molecule has 0 aromatic heterocycles. The molecule has 0 spiro atoms. The van der Waals surface area contributed by atoms with Gasteiger partial charge in [-0.2, -0.15) is 0 Å². The van der Waals surface area contributed by atoms with Crippen molar-refractivity contribution in [3.05, 3.63) is 35.9 Å². The Hall–Kier alpha value is -1.39. The van der Waals surface area contributed by atoms with Crippen LogP contribution in [0.1, 0.15) is 31.2 Å². The largest absolute Gasteiger partial charge is 0.373 e. The zero-order valence-electron chi connectivity index (χ0n) is 12.3. The Kier molecular flexibility index (Phi) is 4.88. The molecule has 4 nitrogen and oxygen atoms in total. The van der Waals surface area contributed by atoms with E-state index in [1.807, 2.05) is 18.2 Å². The third kappa shape index (κ3) is 4.05. The van der Waals surface area contributed by atoms with Crippen LogP contribution in [0, 0.1) is 0 Å². The number of rotatable bonds is 4. The van der Waals surface area contributed by atoms with Crippen LogP contribution in [0.5, 0.6) is 0 Å². The van der Waals surface area contributed by atoms with Gasteiger partial charge in [0.05, 0.1) is 25.4 Å². The molecule has 114 valence electrons. The second-order valence-corrected chi connectivity index (χ2v) is 5.88. The Labute approximate surface area is 125 Å². The number of fused-ring (bicyclic) bond motifs is 1. The van der Waals surface area contributed by atoms with E-state index in [4.69, 9.17) is 9.47 Å². The van der Waals surface area contributed by atoms with Crippen molar-refractivity contribution in [1.29, 1.82) is 0 Å². The van der Waals surface area contributed by atoms with Crippen LogP contribution in [0.2, 0.25) is 0 Å². The summed E-state index contributed by atoms with van der Waals surface area (Å²) in [7, 11) is 0. The maximum Gasteiger partial charge on any atom is 0.220 e. The topological polar surface area (TPSA) is 47.6 Å². The molecule has 2 aliphatic rings. The predicted molar refractivity (Wildman–Crippen MR) is 80.0 cm³/mol. The first-order valence-electron chi connectivity index (χ1n) is 7.88. The highest BCUT2D eigenvalue weighted by molar-refractivity contribution is 5.76. The lowest BCUT2D eigenvalue weighted by Crippen LogP contribution is -2.49. The van der Waals surface area contributed by atoms with Crippen molar-refractivity contribution >= 4 is 5.91 Å². The average Bonchev–Trinajstić information content (AvgIpc) is 2.54. The van der Waals surface area contributed by atoms with Crippen molar-refractivity contribution in [1.82, 2.24) is 5.32 Å². The van der Waals surface area contributed by atoms with E-state index in [2.05, 4.69) is 17.4 Å². The van der Waals surface area contributed by atoms with E-state index in [0.29, 0.717) is 19.6 Å². The average molecular weight is 289 g/mol. The van der Waals surface area contributed by atoms with Crippen molar-refractivity contribution in [2.45, 2.75) is 50.4 Å². The summed E-state index contributed by atoms with van der Waals surface area (Å²) in [6.45, 7) is 1.38. The van der Waals surface area contributed by atoms with Crippen LogP contribution in [0.3, 0.4) is 0 Å². The SMILES string of the molecule is O=C(CCc1ccccc1)N[C@@H]1CC[C@H]2OCCO[C@H]2C1. The Morgan fingerprint density at radius 3 is 2.67 bits per heavy atom. The molecule has 0 radical (unpaired) electrons. The highest BCUT2D eigenvalue weighted by atomic mass is 16.6. The fourth-order valence-corrected chi connectivity index (χ4v) is 3.20. The number of nitrogens with one attached hydrogen (secondary N) is 1. The second-order valence-electron chi connectivity index (χ2n) is 5.88. The Morgan fingerprint density at radius 2 is 1.86 bits per heavy atom. The van der Waals surface area contributed by atoms with Gasteiger partial charge in [-0.25, -0.2) is 0 Å². The van der Waals surface area contributed by atoms with Crippen molar-refractivity contribution in [3.8, 4) is 0 Å². The van der Waals surface area contributed by atoms with Crippen LogP contribution in [0.4, 0.5) is 0 Å². The van der Waals surface area contributed by atoms with Gasteiger partial charge in [-0.15, -0.1) is 0 Å². The fourth-order valence-electron chi connectivity index (χ4n) is 3.20. The van der Waals surface area contributed by atoms with Gasteiger partial charge in [-0.3, -0.25) is 4.79 Å². The van der Waals surface area contributed by atoms with Gasteiger partial charge >= 0.3 is 0 Å². The number of amides is 1. The molecule has 2 fully saturated rings. The number of benzene rings is 1. The van der Waals surface area contributed by atoms with Crippen LogP contribution >= 0.6 is 0 Å². The van der Waals surface area contributed by atoms with Gasteiger partial charge in [0.1, 0.15) is 0 Å². The van der Waals surface area contributed by atoms with Gasteiger partial charge in [0.2, 0.25) is 5.91 Å². The Balaban J connectivity index is 1.42. The fraction of sp³-hybridized carbons (Fsp3) is 0.588. The minimum absolute atomic E-state index is 0.138. The number of ether oxygens (including phenoxy) is 2. The number of aryl methyl sites for hydroxylation is 1. The lowest BCUT2D eigenvalue weighted by molar-refractivity contribution is -0.158. The van der Waals surface area contributed by atoms with Gasteiger partial charge in [-0.05, 0) is 31.2 Å². The second kappa shape index (κ2) is 7.05. The minimum atomic E-state index is 0.138. The van der Waals surface area contributed by atoms with Crippen LogP contribution in [-0.4, -0.2) is 37.4 Å². The predicted octanol–water partition coefficient (Wildman–Crippen LogP) is 2.07. The van der Waals surface area contributed by atoms with E-state index in [9.17, 15) is 4.79 Å². The molecule has 1 aromatic carbocycles. The van der Waals surface area contributed by atoms with E-state index in [1.165, 1.54) is 5.56 Å². The van der Waals surface area contributed by atoms with Gasteiger partial charge in [0.25, 0.3) is 0 Å². The Bertz CT molecular complexity index is 462. The van der Waals surface area contributed by atoms with E-state index in [-0.39, 0.29) is 24.2 Å². The summed E-state index contributed by atoms with van der Waals surface area (Å²) in [6.07, 6.45) is 4.58. The van der Waals surface area contributed by atoms with Crippen molar-refractivity contribution < 1.29 is 14.3 Å². The summed E-state index contributed by atoms with van der Waals surface area (Å²) >= 11 is 0. The number of hydrogen-bond acceptors (Lipinski definition) is 3. The maximum absolute atomic E-state index is 12.1. The third-order valence-corrected chi connectivity index (χ3v) is 4.33. The summed E-state index contributed by atoms with van der Waals surface area (Å²) < 4.78 is 11.4. The molecule has 3 atom stereocenters. The lowest BCUT2D eigenvalue weighted by Gasteiger charge is -2.39. The van der Waals surface area contributed by atoms with E-state index in [0.717, 1.165) is 25.7 Å². The highest BCUT2D eigenvalue weighted by Crippen LogP contribution is 2.26. The maximum atomic E-state index is 12.1. The van der Waals surface area contributed by atoms with Crippen molar-refractivity contribution in [2.75, 3.05) is 13.2 Å². The zero-order valence-corrected chi connectivity index (χ0v) is 12.3. The van der Waals surface area contributed by atoms with Gasteiger partial charge in [0.15, 0.2) is 0 Å². The number of hydrogen-bond donors (Lipinski definition) is 1. The third-order valence-electron chi connectivity index (χ3n) is 4.33. The lowest BCUT2D eigenvalue weighted by atomic mass is 9.89. The smallest absolute Gasteiger partial charge is 0.220 e. The molecule has 21 heavy (non-hydrogen) atoms. The summed E-state index contributed by atoms with van der Waals surface area (Å²) in [5, 5.41) is 3.15. The minimum Gasteiger partial charge on any atom is -0.373 e. The zero-order chi connectivity index (χ0) is 14.5. The molecule has 1 aliphatic carbocycles. The standard InChI is InChI=1S/C17H23NO3/c19-17(9-6-13-4-2-1-3-5-13)18-14-7-8-15-16(12-14)21-11-10-20-15/h1-5,14-16H,6-12H2,(H,18,19)/t14-,15-,16+/m1/s1. The molecule has 0 unspecified atom stereocenters. The molecule has 1 saturated heterocycles. The molecule has 4 heteroatoms. The molecule has 1 aromatic rings. The van der Waals surface area contributed by atoms with Gasteiger partial charge in [-0.1, -0.05) is 30.3 Å². The quantitative estimate of drug-likeness (QED) is 0.923. The molecule has 1 saturated carbocycles. The molecular formula is C17H23NO3. The summed E-state index contributed by atoms with van der Waals surface area (Å²) in [5.41, 5.74) is 1.21. The van der Waals surface area contributed by atoms with Gasteiger partial charge < -0.3 is 14.8 Å². The monoisotopic (exact) mass is 289 g/mol. The van der Waals surface area contributed by atoms with Crippen molar-refractivity contribution in [3.63, 3.8) is 0 Å². The first kappa shape index (κ1) is 14.5. The van der Waals surface area contributed by atoms with E-state index in [1.54, 1.807) is 0 Å². The van der Waals surface area contributed by atoms with E-state index >= 15 is 0 Å². The summed E-state index contributed by atoms with van der Waals surface area (Å²) in [6, 6.07) is 10.4.